The van der Waals surface area contributed by atoms with E-state index < -0.39 is 11.9 Å². The summed E-state index contributed by atoms with van der Waals surface area (Å²) in [6.45, 7) is 2.09. The fourth-order valence-corrected chi connectivity index (χ4v) is 1.67. The molecule has 0 aliphatic heterocycles. The number of benzene rings is 1. The van der Waals surface area contributed by atoms with Crippen LogP contribution in [0.1, 0.15) is 12.5 Å². The molecule has 1 aromatic rings. The highest BCUT2D eigenvalue weighted by Crippen LogP contribution is 2.12. The maximum absolute atomic E-state index is 11.8. The fourth-order valence-electron chi connectivity index (χ4n) is 1.67. The van der Waals surface area contributed by atoms with Gasteiger partial charge in [0, 0.05) is 20.1 Å². The Morgan fingerprint density at radius 3 is 2.75 bits per heavy atom. The number of carbonyl (C=O) groups is 2. The Hall–Kier alpha value is -2.24. The van der Waals surface area contributed by atoms with Crippen LogP contribution in [0.15, 0.2) is 24.3 Å². The monoisotopic (exact) mass is 280 g/mol. The van der Waals surface area contributed by atoms with E-state index in [1.54, 1.807) is 21.1 Å². The highest BCUT2D eigenvalue weighted by atomic mass is 16.5. The summed E-state index contributed by atoms with van der Waals surface area (Å²) in [7, 11) is 3.15. The fraction of sp³-hybridized carbons (Fsp3) is 0.429. The average Bonchev–Trinajstić information content (AvgIpc) is 2.44. The van der Waals surface area contributed by atoms with E-state index >= 15 is 0 Å². The van der Waals surface area contributed by atoms with E-state index in [1.165, 1.54) is 4.90 Å². The predicted molar refractivity (Wildman–Crippen MR) is 74.7 cm³/mol. The molecule has 6 nitrogen and oxygen atoms in total. The first-order valence-electron chi connectivity index (χ1n) is 6.28. The lowest BCUT2D eigenvalue weighted by Crippen LogP contribution is -2.40. The van der Waals surface area contributed by atoms with Crippen molar-refractivity contribution in [2.45, 2.75) is 13.5 Å². The lowest BCUT2D eigenvalue weighted by molar-refractivity contribution is -0.141. The number of rotatable bonds is 6. The molecule has 0 fully saturated rings. The van der Waals surface area contributed by atoms with E-state index in [9.17, 15) is 9.59 Å². The SMILES string of the molecule is COc1cccc(CNC(=O)N(C)CC(C)C(=O)O)c1. The molecule has 0 spiro atoms. The first-order valence-corrected chi connectivity index (χ1v) is 6.28. The molecule has 2 amide bonds. The summed E-state index contributed by atoms with van der Waals surface area (Å²) in [5.41, 5.74) is 0.914. The van der Waals surface area contributed by atoms with E-state index in [2.05, 4.69) is 5.32 Å². The summed E-state index contributed by atoms with van der Waals surface area (Å²) >= 11 is 0. The summed E-state index contributed by atoms with van der Waals surface area (Å²) in [6, 6.07) is 7.08. The second-order valence-electron chi connectivity index (χ2n) is 4.63. The van der Waals surface area contributed by atoms with Gasteiger partial charge in [0.25, 0.3) is 0 Å². The standard InChI is InChI=1S/C14H20N2O4/c1-10(13(17)18)9-16(2)14(19)15-8-11-5-4-6-12(7-11)20-3/h4-7,10H,8-9H2,1-3H3,(H,15,19)(H,17,18). The van der Waals surface area contributed by atoms with E-state index in [0.29, 0.717) is 6.54 Å². The Kier molecular flexibility index (Phi) is 5.83. The Balaban J connectivity index is 2.47. The second-order valence-corrected chi connectivity index (χ2v) is 4.63. The second kappa shape index (κ2) is 7.37. The number of ether oxygens (including phenoxy) is 1. The third kappa shape index (κ3) is 4.79. The quantitative estimate of drug-likeness (QED) is 0.828. The number of nitrogens with zero attached hydrogens (tertiary/aromatic N) is 1. The van der Waals surface area contributed by atoms with Gasteiger partial charge in [-0.2, -0.15) is 0 Å². The number of carboxylic acid groups (broad SMARTS) is 1. The maximum atomic E-state index is 11.8. The van der Waals surface area contributed by atoms with Crippen LogP contribution in [0.3, 0.4) is 0 Å². The van der Waals surface area contributed by atoms with Crippen molar-refractivity contribution < 1.29 is 19.4 Å². The van der Waals surface area contributed by atoms with Gasteiger partial charge in [0.1, 0.15) is 5.75 Å². The van der Waals surface area contributed by atoms with Crippen LogP contribution in [-0.2, 0) is 11.3 Å². The van der Waals surface area contributed by atoms with Crippen LogP contribution in [0.5, 0.6) is 5.75 Å². The van der Waals surface area contributed by atoms with Crippen molar-refractivity contribution in [3.63, 3.8) is 0 Å². The number of carbonyl (C=O) groups excluding carboxylic acids is 1. The molecule has 1 unspecified atom stereocenters. The first kappa shape index (κ1) is 15.8. The number of nitrogens with one attached hydrogen (secondary N) is 1. The molecule has 20 heavy (non-hydrogen) atoms. The minimum Gasteiger partial charge on any atom is -0.497 e. The molecule has 0 heterocycles. The van der Waals surface area contributed by atoms with Crippen LogP contribution in [0.4, 0.5) is 4.79 Å². The van der Waals surface area contributed by atoms with Gasteiger partial charge >= 0.3 is 12.0 Å². The molecule has 6 heteroatoms. The Morgan fingerprint density at radius 2 is 2.15 bits per heavy atom. The minimum atomic E-state index is -0.919. The summed E-state index contributed by atoms with van der Waals surface area (Å²) in [5.74, 6) is -0.787. The number of carboxylic acids is 1. The van der Waals surface area contributed by atoms with E-state index in [0.717, 1.165) is 11.3 Å². The van der Waals surface area contributed by atoms with Crippen molar-refractivity contribution in [1.29, 1.82) is 0 Å². The van der Waals surface area contributed by atoms with Crippen LogP contribution < -0.4 is 10.1 Å². The van der Waals surface area contributed by atoms with Crippen LogP contribution in [0.2, 0.25) is 0 Å². The molecule has 2 N–H and O–H groups in total. The smallest absolute Gasteiger partial charge is 0.317 e. The third-order valence-electron chi connectivity index (χ3n) is 2.89. The summed E-state index contributed by atoms with van der Waals surface area (Å²) < 4.78 is 5.10. The van der Waals surface area contributed by atoms with Gasteiger partial charge in [0.05, 0.1) is 13.0 Å². The number of urea groups is 1. The van der Waals surface area contributed by atoms with Crippen molar-refractivity contribution in [1.82, 2.24) is 10.2 Å². The van der Waals surface area contributed by atoms with Crippen LogP contribution in [-0.4, -0.2) is 42.7 Å². The van der Waals surface area contributed by atoms with Gasteiger partial charge in [-0.05, 0) is 17.7 Å². The van der Waals surface area contributed by atoms with Gasteiger partial charge in [-0.25, -0.2) is 4.79 Å². The van der Waals surface area contributed by atoms with Gasteiger partial charge in [-0.15, -0.1) is 0 Å². The lowest BCUT2D eigenvalue weighted by atomic mass is 10.2. The highest BCUT2D eigenvalue weighted by molar-refractivity contribution is 5.75. The van der Waals surface area contributed by atoms with Crippen LogP contribution in [0.25, 0.3) is 0 Å². The van der Waals surface area contributed by atoms with Crippen molar-refractivity contribution in [2.24, 2.45) is 5.92 Å². The zero-order chi connectivity index (χ0) is 15.1. The van der Waals surface area contributed by atoms with Crippen LogP contribution >= 0.6 is 0 Å². The normalized spacial score (nSPS) is 11.6. The zero-order valence-corrected chi connectivity index (χ0v) is 11.9. The van der Waals surface area contributed by atoms with Crippen molar-refractivity contribution in [3.05, 3.63) is 29.8 Å². The van der Waals surface area contributed by atoms with E-state index in [-0.39, 0.29) is 12.6 Å². The molecule has 0 aromatic heterocycles. The molecule has 1 atom stereocenters. The van der Waals surface area contributed by atoms with Crippen molar-refractivity contribution in [3.8, 4) is 5.75 Å². The van der Waals surface area contributed by atoms with Crippen molar-refractivity contribution >= 4 is 12.0 Å². The Morgan fingerprint density at radius 1 is 1.45 bits per heavy atom. The Bertz CT molecular complexity index is 476. The van der Waals surface area contributed by atoms with Gasteiger partial charge in [-0.3, -0.25) is 4.79 Å². The number of methoxy groups -OCH3 is 1. The van der Waals surface area contributed by atoms with Gasteiger partial charge in [0.15, 0.2) is 0 Å². The van der Waals surface area contributed by atoms with Crippen molar-refractivity contribution in [2.75, 3.05) is 20.7 Å². The molecule has 1 aromatic carbocycles. The number of amides is 2. The molecular formula is C14H20N2O4. The molecule has 0 aliphatic rings. The highest BCUT2D eigenvalue weighted by Gasteiger charge is 2.16. The van der Waals surface area contributed by atoms with E-state index in [1.807, 2.05) is 24.3 Å². The number of aliphatic carboxylic acids is 1. The first-order chi connectivity index (χ1) is 9.43. The number of hydrogen-bond donors (Lipinski definition) is 2. The van der Waals surface area contributed by atoms with Gasteiger partial charge < -0.3 is 20.1 Å². The van der Waals surface area contributed by atoms with Crippen LogP contribution in [0, 0.1) is 5.92 Å². The third-order valence-corrected chi connectivity index (χ3v) is 2.89. The van der Waals surface area contributed by atoms with Gasteiger partial charge in [0.2, 0.25) is 0 Å². The predicted octanol–water partition coefficient (Wildman–Crippen LogP) is 1.56. The summed E-state index contributed by atoms with van der Waals surface area (Å²) in [5, 5.41) is 11.5. The average molecular weight is 280 g/mol. The topological polar surface area (TPSA) is 78.9 Å². The Labute approximate surface area is 118 Å². The molecule has 0 saturated carbocycles. The lowest BCUT2D eigenvalue weighted by Gasteiger charge is -2.20. The maximum Gasteiger partial charge on any atom is 0.317 e. The zero-order valence-electron chi connectivity index (χ0n) is 11.9. The van der Waals surface area contributed by atoms with Gasteiger partial charge in [-0.1, -0.05) is 19.1 Å². The number of hydrogen-bond acceptors (Lipinski definition) is 3. The van der Waals surface area contributed by atoms with E-state index in [4.69, 9.17) is 9.84 Å². The minimum absolute atomic E-state index is 0.166. The molecule has 0 bridgehead atoms. The summed E-state index contributed by atoms with van der Waals surface area (Å²) in [6.07, 6.45) is 0. The largest absolute Gasteiger partial charge is 0.497 e. The summed E-state index contributed by atoms with van der Waals surface area (Å²) in [4.78, 5) is 23.9. The molecular weight excluding hydrogens is 260 g/mol. The molecule has 1 rings (SSSR count). The molecule has 0 radical (unpaired) electrons. The molecule has 0 aliphatic carbocycles. The molecule has 0 saturated heterocycles. The molecule has 110 valence electrons.